The number of nitrogens with zero attached hydrogens (tertiary/aromatic N) is 1. The molecule has 1 aliphatic rings. The molecule has 0 spiro atoms. The maximum Gasteiger partial charge on any atom is 0.269 e. The highest BCUT2D eigenvalue weighted by atomic mass is 16.1. The van der Waals surface area contributed by atoms with Crippen molar-refractivity contribution in [3.63, 3.8) is 0 Å². The fourth-order valence-electron chi connectivity index (χ4n) is 2.43. The Morgan fingerprint density at radius 2 is 1.73 bits per heavy atom. The van der Waals surface area contributed by atoms with Crippen molar-refractivity contribution >= 4 is 0 Å². The third kappa shape index (κ3) is 2.01. The van der Waals surface area contributed by atoms with E-state index in [-0.39, 0.29) is 5.56 Å². The molecule has 0 aromatic carbocycles. The van der Waals surface area contributed by atoms with Crippen LogP contribution >= 0.6 is 0 Å². The van der Waals surface area contributed by atoms with E-state index in [9.17, 15) is 4.79 Å². The Kier molecular flexibility index (Phi) is 2.98. The van der Waals surface area contributed by atoms with Crippen molar-refractivity contribution in [2.45, 2.75) is 58.4 Å². The zero-order chi connectivity index (χ0) is 10.8. The van der Waals surface area contributed by atoms with Crippen LogP contribution in [0.4, 0.5) is 0 Å². The van der Waals surface area contributed by atoms with Crippen LogP contribution in [0.2, 0.25) is 0 Å². The molecule has 0 radical (unpaired) electrons. The van der Waals surface area contributed by atoms with Crippen LogP contribution in [-0.2, 0) is 0 Å². The van der Waals surface area contributed by atoms with E-state index >= 15 is 0 Å². The maximum absolute atomic E-state index is 11.9. The lowest BCUT2D eigenvalue weighted by molar-refractivity contribution is 0.394. The van der Waals surface area contributed by atoms with E-state index in [4.69, 9.17) is 0 Å². The Hall–Kier alpha value is -0.990. The van der Waals surface area contributed by atoms with Crippen LogP contribution in [0.5, 0.6) is 0 Å². The van der Waals surface area contributed by atoms with E-state index in [0.29, 0.717) is 6.04 Å². The van der Waals surface area contributed by atoms with Crippen molar-refractivity contribution in [2.75, 3.05) is 0 Å². The molecule has 0 aliphatic heterocycles. The first-order valence-electron chi connectivity index (χ1n) is 5.98. The van der Waals surface area contributed by atoms with Gasteiger partial charge in [0.2, 0.25) is 0 Å². The molecule has 0 saturated heterocycles. The predicted octanol–water partition coefficient (Wildman–Crippen LogP) is 2.69. The average molecular weight is 208 g/mol. The zero-order valence-electron chi connectivity index (χ0n) is 9.68. The molecule has 1 heterocycles. The minimum atomic E-state index is 0.180. The second kappa shape index (κ2) is 4.25. The molecule has 1 N–H and O–H groups in total. The Morgan fingerprint density at radius 3 is 2.20 bits per heavy atom. The second-order valence-corrected chi connectivity index (χ2v) is 4.68. The van der Waals surface area contributed by atoms with Gasteiger partial charge in [-0.3, -0.25) is 9.89 Å². The number of hydrogen-bond acceptors (Lipinski definition) is 1. The van der Waals surface area contributed by atoms with Gasteiger partial charge in [0, 0.05) is 11.3 Å². The summed E-state index contributed by atoms with van der Waals surface area (Å²) < 4.78 is 1.86. The van der Waals surface area contributed by atoms with Crippen LogP contribution < -0.4 is 5.56 Å². The van der Waals surface area contributed by atoms with Gasteiger partial charge in [-0.1, -0.05) is 25.7 Å². The molecule has 0 amide bonds. The van der Waals surface area contributed by atoms with Gasteiger partial charge in [0.15, 0.2) is 0 Å². The van der Waals surface area contributed by atoms with E-state index in [1.165, 1.54) is 25.7 Å². The van der Waals surface area contributed by atoms with E-state index in [0.717, 1.165) is 24.1 Å². The summed E-state index contributed by atoms with van der Waals surface area (Å²) in [5, 5.41) is 3.21. The molecule has 1 fully saturated rings. The Labute approximate surface area is 90.5 Å². The highest BCUT2D eigenvalue weighted by Crippen LogP contribution is 2.25. The Bertz CT molecular complexity index is 381. The smallest absolute Gasteiger partial charge is 0.269 e. The van der Waals surface area contributed by atoms with Gasteiger partial charge in [-0.2, -0.15) is 0 Å². The van der Waals surface area contributed by atoms with Gasteiger partial charge in [0.05, 0.1) is 6.04 Å². The number of rotatable bonds is 1. The molecule has 2 rings (SSSR count). The highest BCUT2D eigenvalue weighted by molar-refractivity contribution is 5.13. The van der Waals surface area contributed by atoms with Crippen molar-refractivity contribution < 1.29 is 0 Å². The van der Waals surface area contributed by atoms with Gasteiger partial charge in [-0.15, -0.1) is 0 Å². The summed E-state index contributed by atoms with van der Waals surface area (Å²) in [5.41, 5.74) is 2.07. The molecular formula is C12H20N2O. The molecule has 1 aliphatic carbocycles. The number of aromatic nitrogens is 2. The maximum atomic E-state index is 11.9. The third-order valence-electron chi connectivity index (χ3n) is 3.58. The van der Waals surface area contributed by atoms with E-state index in [1.807, 2.05) is 18.5 Å². The normalized spacial score (nSPS) is 19.1. The lowest BCUT2D eigenvalue weighted by Gasteiger charge is -2.14. The molecular weight excluding hydrogens is 188 g/mol. The summed E-state index contributed by atoms with van der Waals surface area (Å²) in [6.07, 6.45) is 7.47. The average Bonchev–Trinajstić information content (AvgIpc) is 2.51. The fraction of sp³-hybridized carbons (Fsp3) is 0.750. The van der Waals surface area contributed by atoms with Gasteiger partial charge in [-0.05, 0) is 26.7 Å². The standard InChI is InChI=1S/C12H20N2O/c1-9-10(2)13-14(12(9)15)11-7-5-3-4-6-8-11/h11,13H,3-8H2,1-2H3. The van der Waals surface area contributed by atoms with Crippen LogP contribution in [0.3, 0.4) is 0 Å². The fourth-order valence-corrected chi connectivity index (χ4v) is 2.43. The highest BCUT2D eigenvalue weighted by Gasteiger charge is 2.17. The summed E-state index contributed by atoms with van der Waals surface area (Å²) in [6.45, 7) is 3.88. The van der Waals surface area contributed by atoms with Crippen LogP contribution in [-0.4, -0.2) is 9.78 Å². The largest absolute Gasteiger partial charge is 0.299 e. The minimum Gasteiger partial charge on any atom is -0.299 e. The molecule has 0 bridgehead atoms. The van der Waals surface area contributed by atoms with E-state index in [1.54, 1.807) is 0 Å². The zero-order valence-corrected chi connectivity index (χ0v) is 9.68. The monoisotopic (exact) mass is 208 g/mol. The molecule has 1 saturated carbocycles. The van der Waals surface area contributed by atoms with Crippen molar-refractivity contribution in [3.05, 3.63) is 21.6 Å². The summed E-state index contributed by atoms with van der Waals surface area (Å²) in [4.78, 5) is 11.9. The van der Waals surface area contributed by atoms with Crippen LogP contribution in [0, 0.1) is 13.8 Å². The molecule has 0 unspecified atom stereocenters. The van der Waals surface area contributed by atoms with Crippen LogP contribution in [0.25, 0.3) is 0 Å². The summed E-state index contributed by atoms with van der Waals surface area (Å²) in [5.74, 6) is 0. The molecule has 15 heavy (non-hydrogen) atoms. The van der Waals surface area contributed by atoms with E-state index in [2.05, 4.69) is 5.10 Å². The molecule has 84 valence electrons. The van der Waals surface area contributed by atoms with Crippen molar-refractivity contribution in [1.29, 1.82) is 0 Å². The number of H-pyrrole nitrogens is 1. The summed E-state index contributed by atoms with van der Waals surface area (Å²) in [7, 11) is 0. The van der Waals surface area contributed by atoms with Crippen molar-refractivity contribution in [2.24, 2.45) is 0 Å². The number of hydrogen-bond donors (Lipinski definition) is 1. The number of aromatic amines is 1. The van der Waals surface area contributed by atoms with E-state index < -0.39 is 0 Å². The number of aryl methyl sites for hydroxylation is 1. The molecule has 3 nitrogen and oxygen atoms in total. The minimum absolute atomic E-state index is 0.180. The van der Waals surface area contributed by atoms with Gasteiger partial charge >= 0.3 is 0 Å². The Balaban J connectivity index is 2.27. The lowest BCUT2D eigenvalue weighted by Crippen LogP contribution is -2.23. The van der Waals surface area contributed by atoms with Crippen LogP contribution in [0.1, 0.15) is 55.8 Å². The van der Waals surface area contributed by atoms with Crippen molar-refractivity contribution in [1.82, 2.24) is 9.78 Å². The van der Waals surface area contributed by atoms with Crippen LogP contribution in [0.15, 0.2) is 4.79 Å². The Morgan fingerprint density at radius 1 is 1.13 bits per heavy atom. The SMILES string of the molecule is Cc1[nH]n(C2CCCCCC2)c(=O)c1C. The molecule has 1 aromatic heterocycles. The number of nitrogens with one attached hydrogen (secondary N) is 1. The summed E-state index contributed by atoms with van der Waals surface area (Å²) >= 11 is 0. The lowest BCUT2D eigenvalue weighted by atomic mass is 10.1. The summed E-state index contributed by atoms with van der Waals surface area (Å²) in [6, 6.07) is 0.410. The topological polar surface area (TPSA) is 37.8 Å². The first kappa shape index (κ1) is 10.5. The first-order chi connectivity index (χ1) is 7.20. The molecule has 3 heteroatoms. The molecule has 1 aromatic rings. The quantitative estimate of drug-likeness (QED) is 0.708. The van der Waals surface area contributed by atoms with Gasteiger partial charge in [0.25, 0.3) is 5.56 Å². The predicted molar refractivity (Wildman–Crippen MR) is 61.3 cm³/mol. The second-order valence-electron chi connectivity index (χ2n) is 4.68. The third-order valence-corrected chi connectivity index (χ3v) is 3.58. The van der Waals surface area contributed by atoms with Gasteiger partial charge < -0.3 is 0 Å². The molecule has 0 atom stereocenters. The van der Waals surface area contributed by atoms with Gasteiger partial charge in [0.1, 0.15) is 0 Å². The van der Waals surface area contributed by atoms with Crippen molar-refractivity contribution in [3.8, 4) is 0 Å². The van der Waals surface area contributed by atoms with Gasteiger partial charge in [-0.25, -0.2) is 4.68 Å². The first-order valence-corrected chi connectivity index (χ1v) is 5.98.